The Kier molecular flexibility index (Phi) is 6.34. The van der Waals surface area contributed by atoms with Crippen LogP contribution in [0.3, 0.4) is 0 Å². The van der Waals surface area contributed by atoms with Crippen molar-refractivity contribution in [1.29, 1.82) is 5.26 Å². The molecule has 1 aromatic carbocycles. The van der Waals surface area contributed by atoms with Gasteiger partial charge in [-0.3, -0.25) is 9.37 Å². The summed E-state index contributed by atoms with van der Waals surface area (Å²) in [5.41, 5.74) is 4.05. The zero-order valence-electron chi connectivity index (χ0n) is 18.5. The average molecular weight is 454 g/mol. The summed E-state index contributed by atoms with van der Waals surface area (Å²) < 4.78 is 40.3. The molecule has 3 aromatic rings. The van der Waals surface area contributed by atoms with Gasteiger partial charge in [-0.25, -0.2) is 8.42 Å². The second kappa shape index (κ2) is 9.03. The minimum absolute atomic E-state index is 0.0798. The normalized spacial score (nSPS) is 16.2. The fraction of sp³-hybridized carbons (Fsp3) is 0.440. The highest BCUT2D eigenvalue weighted by atomic mass is 32.2. The van der Waals surface area contributed by atoms with Crippen molar-refractivity contribution in [3.8, 4) is 17.5 Å². The first-order valence-corrected chi connectivity index (χ1v) is 12.8. The van der Waals surface area contributed by atoms with Crippen LogP contribution in [0.15, 0.2) is 41.4 Å². The molecule has 0 spiro atoms. The molecule has 2 aromatic heterocycles. The summed E-state index contributed by atoms with van der Waals surface area (Å²) in [4.78, 5) is 4.57. The third-order valence-electron chi connectivity index (χ3n) is 6.32. The van der Waals surface area contributed by atoms with Gasteiger partial charge in [0.25, 0.3) is 0 Å². The quantitative estimate of drug-likeness (QED) is 0.475. The van der Waals surface area contributed by atoms with E-state index in [2.05, 4.69) is 21.7 Å². The lowest BCUT2D eigenvalue weighted by atomic mass is 9.95. The van der Waals surface area contributed by atoms with Crippen LogP contribution in [0.5, 0.6) is 0 Å². The molecule has 0 bridgehead atoms. The Morgan fingerprint density at radius 1 is 1.22 bits per heavy atom. The molecule has 0 aliphatic heterocycles. The van der Waals surface area contributed by atoms with E-state index in [1.54, 1.807) is 13.0 Å². The van der Waals surface area contributed by atoms with Crippen molar-refractivity contribution in [2.45, 2.75) is 56.9 Å². The van der Waals surface area contributed by atoms with Crippen LogP contribution < -0.4 is 0 Å². The van der Waals surface area contributed by atoms with Gasteiger partial charge in [-0.15, -0.1) is 0 Å². The van der Waals surface area contributed by atoms with Gasteiger partial charge in [-0.05, 0) is 49.4 Å². The number of aromatic nitrogens is 2. The number of pyridine rings is 1. The highest BCUT2D eigenvalue weighted by molar-refractivity contribution is 7.91. The Balaban J connectivity index is 1.86. The molecule has 2 heterocycles. The van der Waals surface area contributed by atoms with Gasteiger partial charge in [0.2, 0.25) is 0 Å². The molecule has 5 nitrogen and oxygen atoms in total. The fourth-order valence-corrected chi connectivity index (χ4v) is 6.24. The maximum absolute atomic E-state index is 12.8. The topological polar surface area (TPSA) is 75.8 Å². The number of benzene rings is 1. The standard InChI is InChI=1S/C25H28FN3O2S/c1-17-8-10-21-22(14-27)25(29(24(21)12-17)19-6-4-3-5-7-19)23-11-9-20(15-28-23)32(30,31)16-18(2)13-26/h8-12,15,18-19H,3-7,13,16H2,1-2H3/t18-/m1/s1. The van der Waals surface area contributed by atoms with Crippen LogP contribution in [0.2, 0.25) is 0 Å². The van der Waals surface area contributed by atoms with Gasteiger partial charge in [0.15, 0.2) is 9.84 Å². The molecule has 32 heavy (non-hydrogen) atoms. The third-order valence-corrected chi connectivity index (χ3v) is 8.28. The molecule has 0 unspecified atom stereocenters. The van der Waals surface area contributed by atoms with E-state index >= 15 is 0 Å². The Hall–Kier alpha value is -2.72. The molecule has 0 radical (unpaired) electrons. The zero-order chi connectivity index (χ0) is 22.9. The molecule has 1 saturated carbocycles. The summed E-state index contributed by atoms with van der Waals surface area (Å²) in [6, 6.07) is 12.0. The first-order chi connectivity index (χ1) is 15.4. The third kappa shape index (κ3) is 4.16. The largest absolute Gasteiger partial charge is 0.335 e. The second-order valence-electron chi connectivity index (χ2n) is 8.94. The first-order valence-electron chi connectivity index (χ1n) is 11.2. The molecule has 1 aliphatic carbocycles. The highest BCUT2D eigenvalue weighted by Crippen LogP contribution is 2.40. The van der Waals surface area contributed by atoms with E-state index in [9.17, 15) is 18.1 Å². The number of hydrogen-bond acceptors (Lipinski definition) is 4. The number of nitriles is 1. The monoisotopic (exact) mass is 453 g/mol. The molecule has 1 fully saturated rings. The second-order valence-corrected chi connectivity index (χ2v) is 11.0. The molecular formula is C25H28FN3O2S. The van der Waals surface area contributed by atoms with Crippen LogP contribution >= 0.6 is 0 Å². The molecule has 1 atom stereocenters. The van der Waals surface area contributed by atoms with Crippen LogP contribution in [0.4, 0.5) is 4.39 Å². The van der Waals surface area contributed by atoms with Crippen LogP contribution in [0.25, 0.3) is 22.3 Å². The number of sulfone groups is 1. The lowest BCUT2D eigenvalue weighted by molar-refractivity contribution is 0.363. The first kappa shape index (κ1) is 22.5. The smallest absolute Gasteiger partial charge is 0.180 e. The maximum atomic E-state index is 12.8. The summed E-state index contributed by atoms with van der Waals surface area (Å²) in [6.45, 7) is 2.93. The van der Waals surface area contributed by atoms with E-state index in [1.165, 1.54) is 18.7 Å². The lowest BCUT2D eigenvalue weighted by Gasteiger charge is -2.26. The summed E-state index contributed by atoms with van der Waals surface area (Å²) in [6.07, 6.45) is 6.94. The SMILES string of the molecule is Cc1ccc2c(C#N)c(-c3ccc(S(=O)(=O)C[C@H](C)CF)cn3)n(C3CCCCC3)c2c1. The van der Waals surface area contributed by atoms with Gasteiger partial charge in [0.05, 0.1) is 39.8 Å². The van der Waals surface area contributed by atoms with Crippen molar-refractivity contribution >= 4 is 20.7 Å². The van der Waals surface area contributed by atoms with Gasteiger partial charge < -0.3 is 4.57 Å². The molecule has 0 N–H and O–H groups in total. The Labute approximate surface area is 188 Å². The molecule has 168 valence electrons. The number of hydrogen-bond donors (Lipinski definition) is 0. The summed E-state index contributed by atoms with van der Waals surface area (Å²) >= 11 is 0. The molecule has 4 rings (SSSR count). The van der Waals surface area contributed by atoms with E-state index < -0.39 is 22.4 Å². The van der Waals surface area contributed by atoms with Gasteiger partial charge in [0.1, 0.15) is 6.07 Å². The molecule has 7 heteroatoms. The Morgan fingerprint density at radius 2 is 1.97 bits per heavy atom. The van der Waals surface area contributed by atoms with Gasteiger partial charge in [0, 0.05) is 17.6 Å². The van der Waals surface area contributed by atoms with Crippen molar-refractivity contribution in [2.24, 2.45) is 5.92 Å². The number of fused-ring (bicyclic) bond motifs is 1. The van der Waals surface area contributed by atoms with Crippen molar-refractivity contribution in [3.05, 3.63) is 47.7 Å². The number of nitrogens with zero attached hydrogens (tertiary/aromatic N) is 3. The summed E-state index contributed by atoms with van der Waals surface area (Å²) in [7, 11) is -3.62. The van der Waals surface area contributed by atoms with Gasteiger partial charge in [-0.2, -0.15) is 5.26 Å². The van der Waals surface area contributed by atoms with Crippen LogP contribution in [0.1, 0.15) is 56.2 Å². The fourth-order valence-electron chi connectivity index (χ4n) is 4.72. The Morgan fingerprint density at radius 3 is 2.59 bits per heavy atom. The van der Waals surface area contributed by atoms with Crippen LogP contribution in [-0.2, 0) is 9.84 Å². The number of rotatable bonds is 6. The predicted molar refractivity (Wildman–Crippen MR) is 124 cm³/mol. The van der Waals surface area contributed by atoms with Crippen molar-refractivity contribution in [3.63, 3.8) is 0 Å². The van der Waals surface area contributed by atoms with Crippen molar-refractivity contribution in [1.82, 2.24) is 9.55 Å². The summed E-state index contributed by atoms with van der Waals surface area (Å²) in [5.74, 6) is -0.822. The number of alkyl halides is 1. The molecule has 1 aliphatic rings. The molecule has 0 saturated heterocycles. The van der Waals surface area contributed by atoms with E-state index in [0.29, 0.717) is 11.3 Å². The average Bonchev–Trinajstić information content (AvgIpc) is 3.12. The van der Waals surface area contributed by atoms with Crippen molar-refractivity contribution in [2.75, 3.05) is 12.4 Å². The van der Waals surface area contributed by atoms with Gasteiger partial charge in [-0.1, -0.05) is 38.3 Å². The maximum Gasteiger partial charge on any atom is 0.180 e. The van der Waals surface area contributed by atoms with Crippen LogP contribution in [0, 0.1) is 24.2 Å². The van der Waals surface area contributed by atoms with E-state index in [-0.39, 0.29) is 16.7 Å². The Bertz CT molecular complexity index is 1270. The minimum atomic E-state index is -3.62. The van der Waals surface area contributed by atoms with E-state index in [0.717, 1.165) is 47.8 Å². The van der Waals surface area contributed by atoms with Crippen LogP contribution in [-0.4, -0.2) is 30.4 Å². The zero-order valence-corrected chi connectivity index (χ0v) is 19.3. The lowest BCUT2D eigenvalue weighted by Crippen LogP contribution is -2.16. The highest BCUT2D eigenvalue weighted by Gasteiger charge is 2.27. The van der Waals surface area contributed by atoms with Gasteiger partial charge >= 0.3 is 0 Å². The van der Waals surface area contributed by atoms with E-state index in [4.69, 9.17) is 0 Å². The molecular weight excluding hydrogens is 425 g/mol. The minimum Gasteiger partial charge on any atom is -0.335 e. The predicted octanol–water partition coefficient (Wildman–Crippen LogP) is 5.77. The van der Waals surface area contributed by atoms with E-state index in [1.807, 2.05) is 19.1 Å². The van der Waals surface area contributed by atoms with Crippen molar-refractivity contribution < 1.29 is 12.8 Å². The summed E-state index contributed by atoms with van der Waals surface area (Å²) in [5, 5.41) is 10.9. The number of halogens is 1. The molecule has 0 amide bonds. The number of aryl methyl sites for hydroxylation is 1.